The highest BCUT2D eigenvalue weighted by molar-refractivity contribution is 5.46. The van der Waals surface area contributed by atoms with Gasteiger partial charge in [-0.2, -0.15) is 0 Å². The molecule has 0 saturated carbocycles. The number of halogens is 1. The van der Waals surface area contributed by atoms with Gasteiger partial charge < -0.3 is 0 Å². The summed E-state index contributed by atoms with van der Waals surface area (Å²) in [5.41, 5.74) is 0.442. The lowest BCUT2D eigenvalue weighted by Crippen LogP contribution is -1.90. The van der Waals surface area contributed by atoms with Gasteiger partial charge in [0, 0.05) is 17.8 Å². The van der Waals surface area contributed by atoms with E-state index in [-0.39, 0.29) is 11.3 Å². The molecule has 1 heterocycles. The van der Waals surface area contributed by atoms with Crippen LogP contribution in [0.25, 0.3) is 0 Å². The fraction of sp³-hybridized carbons (Fsp3) is 0. The second-order valence-electron chi connectivity index (χ2n) is 3.42. The Bertz CT molecular complexity index is 645. The van der Waals surface area contributed by atoms with Crippen LogP contribution in [-0.4, -0.2) is 9.91 Å². The van der Waals surface area contributed by atoms with E-state index < -0.39 is 10.7 Å². The topological polar surface area (TPSA) is 56.0 Å². The molecule has 0 aliphatic carbocycles. The van der Waals surface area contributed by atoms with E-state index in [1.807, 2.05) is 0 Å². The number of benzene rings is 1. The lowest BCUT2D eigenvalue weighted by Gasteiger charge is -1.94. The van der Waals surface area contributed by atoms with Crippen molar-refractivity contribution in [1.82, 2.24) is 4.98 Å². The maximum Gasteiger partial charge on any atom is 0.273 e. The third kappa shape index (κ3) is 2.89. The van der Waals surface area contributed by atoms with Gasteiger partial charge in [-0.1, -0.05) is 12.0 Å². The summed E-state index contributed by atoms with van der Waals surface area (Å²) >= 11 is 0. The fourth-order valence-electron chi connectivity index (χ4n) is 1.32. The van der Waals surface area contributed by atoms with Crippen LogP contribution in [0.5, 0.6) is 0 Å². The summed E-state index contributed by atoms with van der Waals surface area (Å²) in [5.74, 6) is 4.66. The predicted octanol–water partition coefficient (Wildman–Crippen LogP) is 2.53. The lowest BCUT2D eigenvalue weighted by atomic mass is 10.2. The third-order valence-electron chi connectivity index (χ3n) is 2.09. The molecule has 2 aromatic rings. The highest BCUT2D eigenvalue weighted by Gasteiger charge is 2.08. The monoisotopic (exact) mass is 242 g/mol. The molecule has 88 valence electrons. The summed E-state index contributed by atoms with van der Waals surface area (Å²) in [6.07, 6.45) is 1.58. The molecule has 0 fully saturated rings. The van der Waals surface area contributed by atoms with Crippen molar-refractivity contribution in [3.8, 4) is 11.8 Å². The number of nitro benzene ring substituents is 1. The van der Waals surface area contributed by atoms with Crippen molar-refractivity contribution in [2.24, 2.45) is 0 Å². The molecule has 0 amide bonds. The van der Waals surface area contributed by atoms with Crippen LogP contribution in [0.2, 0.25) is 0 Å². The Morgan fingerprint density at radius 2 is 2.06 bits per heavy atom. The van der Waals surface area contributed by atoms with Crippen LogP contribution >= 0.6 is 0 Å². The molecule has 5 heteroatoms. The molecular formula is C13H7FN2O2. The minimum absolute atomic E-state index is 0.243. The number of pyridine rings is 1. The molecular weight excluding hydrogens is 235 g/mol. The van der Waals surface area contributed by atoms with Crippen LogP contribution in [0.15, 0.2) is 42.6 Å². The largest absolute Gasteiger partial charge is 0.273 e. The number of hydrogen-bond acceptors (Lipinski definition) is 3. The molecule has 0 aliphatic rings. The van der Waals surface area contributed by atoms with E-state index in [9.17, 15) is 14.5 Å². The first-order chi connectivity index (χ1) is 8.65. The number of rotatable bonds is 1. The number of non-ortho nitro benzene ring substituents is 1. The zero-order valence-electron chi connectivity index (χ0n) is 9.13. The minimum Gasteiger partial charge on any atom is -0.258 e. The van der Waals surface area contributed by atoms with Crippen LogP contribution < -0.4 is 0 Å². The highest BCUT2D eigenvalue weighted by Crippen LogP contribution is 2.15. The fourth-order valence-corrected chi connectivity index (χ4v) is 1.32. The van der Waals surface area contributed by atoms with E-state index in [2.05, 4.69) is 16.8 Å². The average Bonchev–Trinajstić information content (AvgIpc) is 2.37. The van der Waals surface area contributed by atoms with E-state index in [4.69, 9.17) is 0 Å². The van der Waals surface area contributed by atoms with Crippen molar-refractivity contribution >= 4 is 5.69 Å². The Kier molecular flexibility index (Phi) is 3.30. The van der Waals surface area contributed by atoms with E-state index in [0.29, 0.717) is 5.69 Å². The molecule has 4 nitrogen and oxygen atoms in total. The molecule has 18 heavy (non-hydrogen) atoms. The summed E-state index contributed by atoms with van der Waals surface area (Å²) in [7, 11) is 0. The normalized spacial score (nSPS) is 9.39. The minimum atomic E-state index is -0.686. The van der Waals surface area contributed by atoms with Crippen molar-refractivity contribution in [1.29, 1.82) is 0 Å². The van der Waals surface area contributed by atoms with E-state index >= 15 is 0 Å². The van der Waals surface area contributed by atoms with Crippen molar-refractivity contribution in [2.45, 2.75) is 0 Å². The van der Waals surface area contributed by atoms with Crippen LogP contribution in [0.3, 0.4) is 0 Å². The Hall–Kier alpha value is -2.74. The van der Waals surface area contributed by atoms with Crippen LogP contribution in [0.1, 0.15) is 11.3 Å². The van der Waals surface area contributed by atoms with E-state index in [0.717, 1.165) is 12.1 Å². The maximum atomic E-state index is 13.1. The molecule has 0 atom stereocenters. The van der Waals surface area contributed by atoms with Crippen molar-refractivity contribution in [2.75, 3.05) is 0 Å². The highest BCUT2D eigenvalue weighted by atomic mass is 19.1. The van der Waals surface area contributed by atoms with Gasteiger partial charge in [-0.05, 0) is 24.1 Å². The average molecular weight is 242 g/mol. The standard InChI is InChI=1S/C13H7FN2O2/c14-11-7-10(8-13(9-11)16(17)18)4-5-12-3-1-2-6-15-12/h1-3,6-9H. The molecule has 1 aromatic heterocycles. The van der Waals surface area contributed by atoms with Gasteiger partial charge in [-0.25, -0.2) is 9.37 Å². The Labute approximate surface area is 102 Å². The first-order valence-corrected chi connectivity index (χ1v) is 5.03. The molecule has 0 saturated heterocycles. The molecule has 0 spiro atoms. The zero-order chi connectivity index (χ0) is 13.0. The van der Waals surface area contributed by atoms with Gasteiger partial charge in [-0.15, -0.1) is 0 Å². The summed E-state index contributed by atoms with van der Waals surface area (Å²) in [4.78, 5) is 13.9. The van der Waals surface area contributed by atoms with E-state index in [1.165, 1.54) is 6.07 Å². The molecule has 0 unspecified atom stereocenters. The molecule has 1 aromatic carbocycles. The van der Waals surface area contributed by atoms with Crippen LogP contribution in [0, 0.1) is 27.8 Å². The van der Waals surface area contributed by atoms with Gasteiger partial charge in [0.05, 0.1) is 11.0 Å². The second kappa shape index (κ2) is 5.06. The Morgan fingerprint density at radius 1 is 1.22 bits per heavy atom. The predicted molar refractivity (Wildman–Crippen MR) is 63.3 cm³/mol. The SMILES string of the molecule is O=[N+]([O-])c1cc(F)cc(C#Cc2ccccn2)c1. The molecule has 0 radical (unpaired) electrons. The van der Waals surface area contributed by atoms with Gasteiger partial charge >= 0.3 is 0 Å². The first-order valence-electron chi connectivity index (χ1n) is 5.03. The maximum absolute atomic E-state index is 13.1. The van der Waals surface area contributed by atoms with Gasteiger partial charge in [0.2, 0.25) is 0 Å². The van der Waals surface area contributed by atoms with Crippen LogP contribution in [0.4, 0.5) is 10.1 Å². The number of nitro groups is 1. The number of nitrogens with zero attached hydrogens (tertiary/aromatic N) is 2. The van der Waals surface area contributed by atoms with E-state index in [1.54, 1.807) is 24.4 Å². The summed E-state index contributed by atoms with van der Waals surface area (Å²) in [5, 5.41) is 10.6. The van der Waals surface area contributed by atoms with Crippen molar-refractivity contribution in [3.05, 3.63) is 69.8 Å². The smallest absolute Gasteiger partial charge is 0.258 e. The van der Waals surface area contributed by atoms with Crippen molar-refractivity contribution in [3.63, 3.8) is 0 Å². The molecule has 0 bridgehead atoms. The van der Waals surface area contributed by atoms with Gasteiger partial charge in [0.15, 0.2) is 0 Å². The van der Waals surface area contributed by atoms with Crippen LogP contribution in [-0.2, 0) is 0 Å². The van der Waals surface area contributed by atoms with Gasteiger partial charge in [0.25, 0.3) is 5.69 Å². The zero-order valence-corrected chi connectivity index (χ0v) is 9.13. The number of hydrogen-bond donors (Lipinski definition) is 0. The molecule has 2 rings (SSSR count). The number of aromatic nitrogens is 1. The summed E-state index contributed by atoms with van der Waals surface area (Å²) in [6, 6.07) is 8.43. The molecule has 0 N–H and O–H groups in total. The summed E-state index contributed by atoms with van der Waals surface area (Å²) < 4.78 is 13.1. The second-order valence-corrected chi connectivity index (χ2v) is 3.42. The first kappa shape index (κ1) is 11.7. The van der Waals surface area contributed by atoms with Crippen molar-refractivity contribution < 1.29 is 9.31 Å². The summed E-state index contributed by atoms with van der Waals surface area (Å²) in [6.45, 7) is 0. The van der Waals surface area contributed by atoms with Gasteiger partial charge in [0.1, 0.15) is 11.5 Å². The quantitative estimate of drug-likeness (QED) is 0.438. The molecule has 0 aliphatic heterocycles. The lowest BCUT2D eigenvalue weighted by molar-refractivity contribution is -0.385. The third-order valence-corrected chi connectivity index (χ3v) is 2.09. The Balaban J connectivity index is 2.36. The van der Waals surface area contributed by atoms with Gasteiger partial charge in [-0.3, -0.25) is 10.1 Å². The Morgan fingerprint density at radius 3 is 2.72 bits per heavy atom.